The van der Waals surface area contributed by atoms with Crippen molar-refractivity contribution in [1.82, 2.24) is 24.1 Å². The van der Waals surface area contributed by atoms with Crippen LogP contribution in [0, 0.1) is 0 Å². The van der Waals surface area contributed by atoms with E-state index < -0.39 is 0 Å². The summed E-state index contributed by atoms with van der Waals surface area (Å²) in [5.74, 6) is 1.72. The molecule has 0 saturated heterocycles. The van der Waals surface area contributed by atoms with Crippen LogP contribution in [0.2, 0.25) is 0 Å². The fourth-order valence-electron chi connectivity index (χ4n) is 9.17. The van der Waals surface area contributed by atoms with Gasteiger partial charge >= 0.3 is 0 Å². The Hall–Kier alpha value is -8.61. The maximum Gasteiger partial charge on any atom is 0.238 e. The van der Waals surface area contributed by atoms with Crippen molar-refractivity contribution in [2.75, 3.05) is 4.90 Å². The van der Waals surface area contributed by atoms with Crippen LogP contribution in [0.25, 0.3) is 89.2 Å². The van der Waals surface area contributed by atoms with Gasteiger partial charge in [0.15, 0.2) is 11.6 Å². The summed E-state index contributed by atoms with van der Waals surface area (Å²) in [6.45, 7) is 0. The number of fused-ring (bicyclic) bond motifs is 6. The third-order valence-corrected chi connectivity index (χ3v) is 12.0. The zero-order chi connectivity index (χ0) is 41.7. The van der Waals surface area contributed by atoms with Gasteiger partial charge in [0, 0.05) is 44.0 Å². The van der Waals surface area contributed by atoms with Crippen LogP contribution in [-0.2, 0) is 0 Å². The minimum atomic E-state index is 0.530. The highest BCUT2D eigenvalue weighted by atomic mass is 15.2. The van der Waals surface area contributed by atoms with Gasteiger partial charge in [0.25, 0.3) is 0 Å². The molecule has 6 heteroatoms. The number of benzene rings is 9. The van der Waals surface area contributed by atoms with E-state index in [0.29, 0.717) is 17.6 Å². The van der Waals surface area contributed by atoms with Crippen molar-refractivity contribution in [3.05, 3.63) is 231 Å². The largest absolute Gasteiger partial charge is 0.310 e. The van der Waals surface area contributed by atoms with Gasteiger partial charge in [-0.1, -0.05) is 176 Å². The average molecular weight is 807 g/mol. The molecule has 0 spiro atoms. The molecule has 9 aromatic carbocycles. The molecular weight excluding hydrogens is 769 g/mol. The molecule has 12 aromatic rings. The van der Waals surface area contributed by atoms with Gasteiger partial charge in [-0.2, -0.15) is 9.97 Å². The van der Waals surface area contributed by atoms with Gasteiger partial charge in [-0.15, -0.1) is 0 Å². The molecule has 0 aliphatic heterocycles. The summed E-state index contributed by atoms with van der Waals surface area (Å²) in [5.41, 5.74) is 12.5. The fraction of sp³-hybridized carbons (Fsp3) is 0. The predicted molar refractivity (Wildman–Crippen MR) is 259 cm³/mol. The number of para-hydroxylation sites is 5. The van der Waals surface area contributed by atoms with Crippen LogP contribution in [0.1, 0.15) is 0 Å². The van der Waals surface area contributed by atoms with E-state index in [-0.39, 0.29) is 0 Å². The Bertz CT molecular complexity index is 3510. The summed E-state index contributed by atoms with van der Waals surface area (Å²) in [5, 5.41) is 4.55. The summed E-state index contributed by atoms with van der Waals surface area (Å²) in [4.78, 5) is 18.3. The lowest BCUT2D eigenvalue weighted by Gasteiger charge is -2.26. The first-order chi connectivity index (χ1) is 31.3. The van der Waals surface area contributed by atoms with Crippen molar-refractivity contribution in [3.8, 4) is 45.5 Å². The lowest BCUT2D eigenvalue weighted by Crippen LogP contribution is -2.10. The summed E-state index contributed by atoms with van der Waals surface area (Å²) in [6, 6.07) is 80.9. The number of anilines is 3. The van der Waals surface area contributed by atoms with E-state index >= 15 is 0 Å². The minimum absolute atomic E-state index is 0.530. The Morgan fingerprint density at radius 3 is 1.37 bits per heavy atom. The third-order valence-electron chi connectivity index (χ3n) is 12.0. The SMILES string of the molecule is c1ccc(-c2ccc(-c3nc(-c4ccccc4)nc(-n4c5cccc(N(c6ccccc6)c6ccccc6)c5c5cccc(-n6c7ccccc7c7ccccc76)c54)n3)cc2)cc1. The number of hydrogen-bond donors (Lipinski definition) is 0. The van der Waals surface area contributed by atoms with E-state index in [0.717, 1.165) is 77.8 Å². The van der Waals surface area contributed by atoms with Crippen LogP contribution in [0.3, 0.4) is 0 Å². The monoisotopic (exact) mass is 806 g/mol. The zero-order valence-electron chi connectivity index (χ0n) is 34.1. The van der Waals surface area contributed by atoms with Gasteiger partial charge in [0.1, 0.15) is 0 Å². The highest BCUT2D eigenvalue weighted by Crippen LogP contribution is 2.46. The maximum atomic E-state index is 5.43. The molecule has 0 bridgehead atoms. The predicted octanol–water partition coefficient (Wildman–Crippen LogP) is 14.5. The molecule has 3 aromatic heterocycles. The molecule has 0 N–H and O–H groups in total. The summed E-state index contributed by atoms with van der Waals surface area (Å²) < 4.78 is 4.66. The molecule has 0 aliphatic carbocycles. The van der Waals surface area contributed by atoms with Gasteiger partial charge in [0.2, 0.25) is 5.95 Å². The van der Waals surface area contributed by atoms with Crippen molar-refractivity contribution in [2.24, 2.45) is 0 Å². The second kappa shape index (κ2) is 15.1. The van der Waals surface area contributed by atoms with E-state index in [1.54, 1.807) is 0 Å². The van der Waals surface area contributed by atoms with Crippen molar-refractivity contribution < 1.29 is 0 Å². The topological polar surface area (TPSA) is 51.8 Å². The molecule has 0 amide bonds. The van der Waals surface area contributed by atoms with Gasteiger partial charge in [-0.3, -0.25) is 4.57 Å². The fourth-order valence-corrected chi connectivity index (χ4v) is 9.17. The van der Waals surface area contributed by atoms with Crippen LogP contribution in [0.15, 0.2) is 231 Å². The van der Waals surface area contributed by atoms with E-state index in [1.165, 1.54) is 10.8 Å². The van der Waals surface area contributed by atoms with Crippen LogP contribution >= 0.6 is 0 Å². The van der Waals surface area contributed by atoms with Gasteiger partial charge in [-0.05, 0) is 65.7 Å². The van der Waals surface area contributed by atoms with Crippen LogP contribution in [0.5, 0.6) is 0 Å². The third kappa shape index (κ3) is 6.15. The molecule has 0 atom stereocenters. The lowest BCUT2D eigenvalue weighted by molar-refractivity contribution is 0.950. The van der Waals surface area contributed by atoms with Gasteiger partial charge < -0.3 is 9.47 Å². The summed E-state index contributed by atoms with van der Waals surface area (Å²) >= 11 is 0. The number of hydrogen-bond acceptors (Lipinski definition) is 4. The quantitative estimate of drug-likeness (QED) is 0.153. The normalized spacial score (nSPS) is 11.5. The lowest BCUT2D eigenvalue weighted by atomic mass is 10.0. The second-order valence-electron chi connectivity index (χ2n) is 15.6. The van der Waals surface area contributed by atoms with Crippen LogP contribution in [0.4, 0.5) is 17.1 Å². The molecule has 0 radical (unpaired) electrons. The first-order valence-electron chi connectivity index (χ1n) is 21.2. The Morgan fingerprint density at radius 2 is 0.762 bits per heavy atom. The molecule has 63 heavy (non-hydrogen) atoms. The van der Waals surface area contributed by atoms with Crippen molar-refractivity contribution in [2.45, 2.75) is 0 Å². The molecule has 0 aliphatic rings. The molecule has 3 heterocycles. The van der Waals surface area contributed by atoms with Crippen molar-refractivity contribution in [1.29, 1.82) is 0 Å². The van der Waals surface area contributed by atoms with Crippen LogP contribution < -0.4 is 4.90 Å². The van der Waals surface area contributed by atoms with E-state index in [4.69, 9.17) is 15.0 Å². The first kappa shape index (κ1) is 36.3. The Morgan fingerprint density at radius 1 is 0.317 bits per heavy atom. The maximum absolute atomic E-state index is 5.43. The Kier molecular flexibility index (Phi) is 8.71. The van der Waals surface area contributed by atoms with Gasteiger partial charge in [-0.25, -0.2) is 4.98 Å². The molecule has 296 valence electrons. The summed E-state index contributed by atoms with van der Waals surface area (Å²) in [6.07, 6.45) is 0. The Balaban J connectivity index is 1.20. The summed E-state index contributed by atoms with van der Waals surface area (Å²) in [7, 11) is 0. The van der Waals surface area contributed by atoms with Gasteiger partial charge in [0.05, 0.1) is 33.4 Å². The zero-order valence-corrected chi connectivity index (χ0v) is 34.1. The smallest absolute Gasteiger partial charge is 0.238 e. The second-order valence-corrected chi connectivity index (χ2v) is 15.6. The van der Waals surface area contributed by atoms with Crippen LogP contribution in [-0.4, -0.2) is 24.1 Å². The molecular formula is C57H38N6. The number of nitrogens with zero attached hydrogens (tertiary/aromatic N) is 6. The standard InChI is InChI=1S/C57H38N6/c1-5-19-39(20-6-1)40-35-37-42(38-36-40)56-58-55(41-21-7-2-8-22-41)59-57(60-56)63-51-33-18-32-50(61(43-23-9-3-10-24-43)44-25-11-4-12-26-44)53(51)47-29-17-34-52(54(47)63)62-48-30-15-13-27-45(48)46-28-14-16-31-49(46)62/h1-38H. The first-order valence-corrected chi connectivity index (χ1v) is 21.2. The van der Waals surface area contributed by atoms with Crippen molar-refractivity contribution >= 4 is 60.7 Å². The molecule has 6 nitrogen and oxygen atoms in total. The molecule has 0 fully saturated rings. The highest BCUT2D eigenvalue weighted by molar-refractivity contribution is 6.19. The average Bonchev–Trinajstić information content (AvgIpc) is 3.89. The minimum Gasteiger partial charge on any atom is -0.310 e. The van der Waals surface area contributed by atoms with E-state index in [9.17, 15) is 0 Å². The number of aromatic nitrogens is 5. The van der Waals surface area contributed by atoms with Crippen molar-refractivity contribution in [3.63, 3.8) is 0 Å². The molecule has 12 rings (SSSR count). The van der Waals surface area contributed by atoms with E-state index in [1.807, 2.05) is 24.3 Å². The van der Waals surface area contributed by atoms with E-state index in [2.05, 4.69) is 220 Å². The molecule has 0 unspecified atom stereocenters. The highest BCUT2D eigenvalue weighted by Gasteiger charge is 2.26. The number of rotatable bonds is 8. The molecule has 0 saturated carbocycles. The Labute approximate surface area is 364 Å².